The molecule has 3 rings (SSSR count). The first kappa shape index (κ1) is 11.2. The largest absolute Gasteiger partial charge is 0.378 e. The fraction of sp³-hybridized carbons (Fsp3) is 0.462. The molecule has 0 spiro atoms. The van der Waals surface area contributed by atoms with Crippen LogP contribution in [0.3, 0.4) is 0 Å². The Morgan fingerprint density at radius 2 is 2.00 bits per heavy atom. The Morgan fingerprint density at radius 3 is 2.76 bits per heavy atom. The minimum atomic E-state index is 0.179. The lowest BCUT2D eigenvalue weighted by Gasteiger charge is -2.32. The minimum absolute atomic E-state index is 0.179. The standard InChI is InChI=1S/C13H14BrNO2/c14-12-2-1-10-11(12)7-9(8-13(10)16)15-3-5-17-6-4-15/h2,8H,1,3-7H2. The van der Waals surface area contributed by atoms with Crippen LogP contribution in [0.4, 0.5) is 0 Å². The van der Waals surface area contributed by atoms with E-state index < -0.39 is 0 Å². The molecule has 90 valence electrons. The first-order chi connectivity index (χ1) is 8.25. The molecule has 17 heavy (non-hydrogen) atoms. The normalized spacial score (nSPS) is 24.8. The van der Waals surface area contributed by atoms with Crippen molar-refractivity contribution in [2.75, 3.05) is 26.3 Å². The molecule has 1 heterocycles. The van der Waals surface area contributed by atoms with E-state index in [9.17, 15) is 4.79 Å². The summed E-state index contributed by atoms with van der Waals surface area (Å²) in [6.07, 6.45) is 5.54. The van der Waals surface area contributed by atoms with Crippen LogP contribution in [-0.2, 0) is 9.53 Å². The molecule has 0 N–H and O–H groups in total. The number of hydrogen-bond donors (Lipinski definition) is 0. The summed E-state index contributed by atoms with van der Waals surface area (Å²) in [4.78, 5) is 14.3. The zero-order valence-electron chi connectivity index (χ0n) is 9.54. The zero-order valence-corrected chi connectivity index (χ0v) is 11.1. The van der Waals surface area contributed by atoms with Gasteiger partial charge in [-0.3, -0.25) is 4.79 Å². The van der Waals surface area contributed by atoms with Crippen molar-refractivity contribution < 1.29 is 9.53 Å². The summed E-state index contributed by atoms with van der Waals surface area (Å²) in [6.45, 7) is 3.30. The zero-order chi connectivity index (χ0) is 11.8. The quantitative estimate of drug-likeness (QED) is 0.742. The number of morpholine rings is 1. The van der Waals surface area contributed by atoms with Gasteiger partial charge in [-0.05, 0) is 12.0 Å². The number of ether oxygens (including phenoxy) is 1. The lowest BCUT2D eigenvalue weighted by molar-refractivity contribution is -0.111. The van der Waals surface area contributed by atoms with E-state index in [0.717, 1.165) is 54.9 Å². The SMILES string of the molecule is O=C1C=C(N2CCOCC2)CC2=C1CC=C2Br. The van der Waals surface area contributed by atoms with Crippen molar-refractivity contribution in [2.24, 2.45) is 0 Å². The summed E-state index contributed by atoms with van der Waals surface area (Å²) < 4.78 is 6.44. The van der Waals surface area contributed by atoms with Gasteiger partial charge in [0.05, 0.1) is 13.2 Å². The van der Waals surface area contributed by atoms with Gasteiger partial charge in [-0.2, -0.15) is 0 Å². The molecule has 0 unspecified atom stereocenters. The van der Waals surface area contributed by atoms with Gasteiger partial charge in [0.25, 0.3) is 0 Å². The van der Waals surface area contributed by atoms with Crippen molar-refractivity contribution >= 4 is 21.7 Å². The molecule has 1 fully saturated rings. The van der Waals surface area contributed by atoms with E-state index in [1.165, 1.54) is 5.57 Å². The summed E-state index contributed by atoms with van der Waals surface area (Å²) in [7, 11) is 0. The number of nitrogens with zero attached hydrogens (tertiary/aromatic N) is 1. The Bertz CT molecular complexity index is 456. The molecular formula is C13H14BrNO2. The lowest BCUT2D eigenvalue weighted by Crippen LogP contribution is -2.36. The van der Waals surface area contributed by atoms with E-state index in [0.29, 0.717) is 0 Å². The van der Waals surface area contributed by atoms with Crippen LogP contribution >= 0.6 is 15.9 Å². The van der Waals surface area contributed by atoms with E-state index >= 15 is 0 Å². The van der Waals surface area contributed by atoms with E-state index in [1.807, 2.05) is 6.08 Å². The monoisotopic (exact) mass is 295 g/mol. The van der Waals surface area contributed by atoms with Gasteiger partial charge < -0.3 is 9.64 Å². The highest BCUT2D eigenvalue weighted by atomic mass is 79.9. The van der Waals surface area contributed by atoms with Crippen molar-refractivity contribution in [3.8, 4) is 0 Å². The van der Waals surface area contributed by atoms with Gasteiger partial charge in [-0.1, -0.05) is 22.0 Å². The number of halogens is 1. The first-order valence-corrected chi connectivity index (χ1v) is 6.70. The van der Waals surface area contributed by atoms with Gasteiger partial charge >= 0.3 is 0 Å². The van der Waals surface area contributed by atoms with E-state index in [4.69, 9.17) is 4.74 Å². The molecule has 0 saturated carbocycles. The molecule has 3 nitrogen and oxygen atoms in total. The predicted octanol–water partition coefficient (Wildman–Crippen LogP) is 2.15. The number of carbonyl (C=O) groups is 1. The molecular weight excluding hydrogens is 282 g/mol. The fourth-order valence-corrected chi connectivity index (χ4v) is 3.09. The maximum absolute atomic E-state index is 12.0. The molecule has 0 atom stereocenters. The topological polar surface area (TPSA) is 29.5 Å². The third-order valence-corrected chi connectivity index (χ3v) is 4.31. The number of allylic oxidation sites excluding steroid dienone is 5. The molecule has 0 radical (unpaired) electrons. The Morgan fingerprint density at radius 1 is 1.24 bits per heavy atom. The van der Waals surface area contributed by atoms with E-state index in [2.05, 4.69) is 26.9 Å². The summed E-state index contributed by atoms with van der Waals surface area (Å²) in [6, 6.07) is 0. The van der Waals surface area contributed by atoms with Crippen molar-refractivity contribution in [3.05, 3.63) is 33.5 Å². The van der Waals surface area contributed by atoms with E-state index in [-0.39, 0.29) is 5.78 Å². The Hall–Kier alpha value is -0.870. The second-order valence-electron chi connectivity index (χ2n) is 4.49. The van der Waals surface area contributed by atoms with Gasteiger partial charge in [0, 0.05) is 41.3 Å². The second kappa shape index (κ2) is 4.42. The number of hydrogen-bond acceptors (Lipinski definition) is 3. The lowest BCUT2D eigenvalue weighted by atomic mass is 9.95. The van der Waals surface area contributed by atoms with Crippen LogP contribution in [0.2, 0.25) is 0 Å². The minimum Gasteiger partial charge on any atom is -0.378 e. The van der Waals surface area contributed by atoms with Crippen molar-refractivity contribution in [1.29, 1.82) is 0 Å². The number of ketones is 1. The molecule has 3 aliphatic rings. The molecule has 1 aliphatic heterocycles. The predicted molar refractivity (Wildman–Crippen MR) is 68.8 cm³/mol. The number of rotatable bonds is 1. The van der Waals surface area contributed by atoms with E-state index in [1.54, 1.807) is 0 Å². The highest BCUT2D eigenvalue weighted by Crippen LogP contribution is 2.38. The summed E-state index contributed by atoms with van der Waals surface area (Å²) in [5, 5.41) is 0. The van der Waals surface area contributed by atoms with Gasteiger partial charge in [-0.25, -0.2) is 0 Å². The average Bonchev–Trinajstić information content (AvgIpc) is 2.73. The maximum Gasteiger partial charge on any atom is 0.184 e. The van der Waals surface area contributed by atoms with Crippen LogP contribution < -0.4 is 0 Å². The maximum atomic E-state index is 12.0. The second-order valence-corrected chi connectivity index (χ2v) is 5.34. The van der Waals surface area contributed by atoms with Crippen LogP contribution in [0, 0.1) is 0 Å². The Balaban J connectivity index is 1.82. The fourth-order valence-electron chi connectivity index (χ4n) is 2.55. The van der Waals surface area contributed by atoms with Crippen LogP contribution in [0.1, 0.15) is 12.8 Å². The van der Waals surface area contributed by atoms with Crippen LogP contribution in [0.5, 0.6) is 0 Å². The van der Waals surface area contributed by atoms with Crippen LogP contribution in [-0.4, -0.2) is 37.0 Å². The van der Waals surface area contributed by atoms with Crippen molar-refractivity contribution in [3.63, 3.8) is 0 Å². The average molecular weight is 296 g/mol. The van der Waals surface area contributed by atoms with Gasteiger partial charge in [-0.15, -0.1) is 0 Å². The Labute approximate surface area is 109 Å². The number of carbonyl (C=O) groups excluding carboxylic acids is 1. The van der Waals surface area contributed by atoms with Crippen molar-refractivity contribution in [2.45, 2.75) is 12.8 Å². The smallest absolute Gasteiger partial charge is 0.184 e. The molecule has 0 aromatic carbocycles. The summed E-state index contributed by atoms with van der Waals surface area (Å²) in [5.41, 5.74) is 3.29. The third kappa shape index (κ3) is 2.00. The van der Waals surface area contributed by atoms with Gasteiger partial charge in [0.2, 0.25) is 0 Å². The molecule has 1 saturated heterocycles. The molecule has 4 heteroatoms. The molecule has 0 aromatic heterocycles. The van der Waals surface area contributed by atoms with Crippen molar-refractivity contribution in [1.82, 2.24) is 4.90 Å². The molecule has 0 aromatic rings. The molecule has 2 aliphatic carbocycles. The molecule has 0 amide bonds. The van der Waals surface area contributed by atoms with Gasteiger partial charge in [0.15, 0.2) is 5.78 Å². The Kier molecular flexibility index (Phi) is 2.92. The van der Waals surface area contributed by atoms with Gasteiger partial charge in [0.1, 0.15) is 0 Å². The van der Waals surface area contributed by atoms with Crippen LogP contribution in [0.15, 0.2) is 33.5 Å². The highest BCUT2D eigenvalue weighted by Gasteiger charge is 2.28. The third-order valence-electron chi connectivity index (χ3n) is 3.51. The summed E-state index contributed by atoms with van der Waals surface area (Å²) in [5.74, 6) is 0.179. The molecule has 0 bridgehead atoms. The summed E-state index contributed by atoms with van der Waals surface area (Å²) >= 11 is 3.54. The highest BCUT2D eigenvalue weighted by molar-refractivity contribution is 9.12. The van der Waals surface area contributed by atoms with Crippen LogP contribution in [0.25, 0.3) is 0 Å². The first-order valence-electron chi connectivity index (χ1n) is 5.91.